The van der Waals surface area contributed by atoms with Crippen molar-refractivity contribution in [2.45, 2.75) is 26.3 Å². The van der Waals surface area contributed by atoms with Gasteiger partial charge in [0.15, 0.2) is 5.82 Å². The Morgan fingerprint density at radius 1 is 1.10 bits per heavy atom. The van der Waals surface area contributed by atoms with Crippen LogP contribution < -0.4 is 10.6 Å². The maximum absolute atomic E-state index is 12.3. The normalized spacial score (nSPS) is 11.6. The van der Waals surface area contributed by atoms with E-state index >= 15 is 0 Å². The van der Waals surface area contributed by atoms with Gasteiger partial charge in [0.1, 0.15) is 21.7 Å². The van der Waals surface area contributed by atoms with E-state index in [4.69, 9.17) is 4.74 Å². The fourth-order valence-electron chi connectivity index (χ4n) is 4.45. The molecule has 2 aromatic carbocycles. The summed E-state index contributed by atoms with van der Waals surface area (Å²) in [5, 5.41) is 16.0. The van der Waals surface area contributed by atoms with E-state index in [0.717, 1.165) is 33.9 Å². The van der Waals surface area contributed by atoms with E-state index in [1.165, 1.54) is 11.9 Å². The molecule has 12 heteroatoms. The zero-order valence-corrected chi connectivity index (χ0v) is 22.5. The fourth-order valence-corrected chi connectivity index (χ4v) is 5.09. The Balaban J connectivity index is 1.34. The molecular weight excluding hydrogens is 518 g/mol. The first-order valence-electron chi connectivity index (χ1n) is 12.5. The molecule has 3 heterocycles. The van der Waals surface area contributed by atoms with Crippen molar-refractivity contribution in [3.63, 3.8) is 0 Å². The first kappa shape index (κ1) is 26.2. The molecule has 0 aliphatic rings. The molecule has 0 saturated carbocycles. The lowest BCUT2D eigenvalue weighted by atomic mass is 10.2. The van der Waals surface area contributed by atoms with Gasteiger partial charge in [-0.25, -0.2) is 22.7 Å². The van der Waals surface area contributed by atoms with Crippen LogP contribution in [-0.4, -0.2) is 57.5 Å². The molecule has 0 fully saturated rings. The van der Waals surface area contributed by atoms with Crippen LogP contribution in [0.5, 0.6) is 0 Å². The maximum Gasteiger partial charge on any atom is 0.411 e. The van der Waals surface area contributed by atoms with Gasteiger partial charge in [0.05, 0.1) is 42.5 Å². The lowest BCUT2D eigenvalue weighted by molar-refractivity contribution is 0.162. The van der Waals surface area contributed by atoms with Crippen molar-refractivity contribution in [2.24, 2.45) is 0 Å². The van der Waals surface area contributed by atoms with Gasteiger partial charge in [0, 0.05) is 22.9 Å². The Hall–Kier alpha value is -4.45. The van der Waals surface area contributed by atoms with Gasteiger partial charge in [-0.15, -0.1) is 0 Å². The predicted octanol–water partition coefficient (Wildman–Crippen LogP) is 4.42. The molecule has 0 unspecified atom stereocenters. The van der Waals surface area contributed by atoms with Crippen molar-refractivity contribution in [1.29, 1.82) is 0 Å². The Labute approximate surface area is 225 Å². The third-order valence-corrected chi connectivity index (χ3v) is 7.27. The molecule has 0 aliphatic heterocycles. The van der Waals surface area contributed by atoms with Gasteiger partial charge in [-0.3, -0.25) is 10.00 Å². The Kier molecular flexibility index (Phi) is 7.46. The van der Waals surface area contributed by atoms with Gasteiger partial charge in [-0.1, -0.05) is 37.3 Å². The smallest absolute Gasteiger partial charge is 0.411 e. The summed E-state index contributed by atoms with van der Waals surface area (Å²) in [6.45, 7) is 2.66. The average Bonchev–Trinajstić information content (AvgIpc) is 3.47. The lowest BCUT2D eigenvalue weighted by Crippen LogP contribution is -2.16. The summed E-state index contributed by atoms with van der Waals surface area (Å²) in [6.07, 6.45) is 6.32. The highest BCUT2D eigenvalue weighted by Crippen LogP contribution is 2.30. The van der Waals surface area contributed by atoms with Crippen LogP contribution in [0.1, 0.15) is 24.5 Å². The summed E-state index contributed by atoms with van der Waals surface area (Å²) in [6, 6.07) is 16.2. The predicted molar refractivity (Wildman–Crippen MR) is 150 cm³/mol. The zero-order chi connectivity index (χ0) is 27.4. The van der Waals surface area contributed by atoms with Gasteiger partial charge in [0.25, 0.3) is 0 Å². The summed E-state index contributed by atoms with van der Waals surface area (Å²) in [4.78, 5) is 16.8. The number of rotatable bonds is 10. The molecule has 0 bridgehead atoms. The second-order valence-corrected chi connectivity index (χ2v) is 11.5. The number of sulfone groups is 1. The number of anilines is 3. The number of aromatic nitrogens is 5. The van der Waals surface area contributed by atoms with Crippen molar-refractivity contribution in [3.8, 4) is 0 Å². The second kappa shape index (κ2) is 11.1. The Morgan fingerprint density at radius 2 is 1.92 bits per heavy atom. The molecule has 0 spiro atoms. The quantitative estimate of drug-likeness (QED) is 0.246. The standard InChI is InChI=1S/C27H29N7O4S/c1-3-22-23(32-27(35)38-12-7-13-39(2,36)37)17-34-25(22)26(28-18-30-34)31-21-10-11-24-20(14-21)15-29-33(24)16-19-8-5-4-6-9-19/h4-6,8-11,14-15,17-18H,3,7,12-13,16H2,1-2H3,(H,32,35)(H,28,30,31). The first-order valence-corrected chi connectivity index (χ1v) is 14.6. The number of carbonyl (C=O) groups is 1. The molecule has 39 heavy (non-hydrogen) atoms. The van der Waals surface area contributed by atoms with Crippen LogP contribution in [-0.2, 0) is 27.5 Å². The van der Waals surface area contributed by atoms with Crippen molar-refractivity contribution in [3.05, 3.63) is 78.4 Å². The van der Waals surface area contributed by atoms with E-state index in [1.54, 1.807) is 10.7 Å². The summed E-state index contributed by atoms with van der Waals surface area (Å²) >= 11 is 0. The van der Waals surface area contributed by atoms with Crippen LogP contribution in [0.25, 0.3) is 16.4 Å². The summed E-state index contributed by atoms with van der Waals surface area (Å²) in [5.41, 5.74) is 5.15. The number of hydrogen-bond donors (Lipinski definition) is 2. The minimum absolute atomic E-state index is 0.00472. The zero-order valence-electron chi connectivity index (χ0n) is 21.7. The van der Waals surface area contributed by atoms with E-state index in [0.29, 0.717) is 24.5 Å². The van der Waals surface area contributed by atoms with Gasteiger partial charge in [-0.2, -0.15) is 10.2 Å². The van der Waals surface area contributed by atoms with Gasteiger partial charge >= 0.3 is 6.09 Å². The van der Waals surface area contributed by atoms with Crippen LogP contribution in [0, 0.1) is 0 Å². The van der Waals surface area contributed by atoms with E-state index < -0.39 is 15.9 Å². The minimum atomic E-state index is -3.11. The second-order valence-electron chi connectivity index (χ2n) is 9.21. The molecule has 0 aliphatic carbocycles. The average molecular weight is 548 g/mol. The molecule has 5 aromatic rings. The number of hydrogen-bond acceptors (Lipinski definition) is 8. The van der Waals surface area contributed by atoms with Crippen molar-refractivity contribution in [2.75, 3.05) is 29.2 Å². The Bertz CT molecular complexity index is 1730. The first-order chi connectivity index (χ1) is 18.8. The summed E-state index contributed by atoms with van der Waals surface area (Å²) in [7, 11) is -3.11. The minimum Gasteiger partial charge on any atom is -0.449 e. The number of ether oxygens (including phenoxy) is 1. The number of amides is 1. The number of nitrogens with one attached hydrogen (secondary N) is 2. The molecule has 202 valence electrons. The third-order valence-electron chi connectivity index (χ3n) is 6.24. The topological polar surface area (TPSA) is 133 Å². The van der Waals surface area contributed by atoms with Gasteiger partial charge in [-0.05, 0) is 36.6 Å². The highest BCUT2D eigenvalue weighted by molar-refractivity contribution is 7.90. The largest absolute Gasteiger partial charge is 0.449 e. The van der Waals surface area contributed by atoms with Crippen LogP contribution in [0.3, 0.4) is 0 Å². The molecule has 2 N–H and O–H groups in total. The number of benzene rings is 2. The highest BCUT2D eigenvalue weighted by Gasteiger charge is 2.18. The maximum atomic E-state index is 12.3. The molecule has 5 rings (SSSR count). The van der Waals surface area contributed by atoms with Crippen LogP contribution >= 0.6 is 0 Å². The highest BCUT2D eigenvalue weighted by atomic mass is 32.2. The van der Waals surface area contributed by atoms with Crippen molar-refractivity contribution in [1.82, 2.24) is 24.4 Å². The molecule has 0 atom stereocenters. The van der Waals surface area contributed by atoms with E-state index in [2.05, 4.69) is 37.9 Å². The number of fused-ring (bicyclic) bond motifs is 2. The third kappa shape index (κ3) is 6.17. The number of aryl methyl sites for hydroxylation is 1. The van der Waals surface area contributed by atoms with E-state index in [-0.39, 0.29) is 18.8 Å². The molecule has 3 aromatic heterocycles. The number of carbonyl (C=O) groups excluding carboxylic acids is 1. The fraction of sp³-hybridized carbons (Fsp3) is 0.259. The molecule has 0 saturated heterocycles. The van der Waals surface area contributed by atoms with Crippen LogP contribution in [0.2, 0.25) is 0 Å². The van der Waals surface area contributed by atoms with Crippen LogP contribution in [0.4, 0.5) is 22.0 Å². The summed E-state index contributed by atoms with van der Waals surface area (Å²) < 4.78 is 31.3. The van der Waals surface area contributed by atoms with Crippen LogP contribution in [0.15, 0.2) is 67.3 Å². The van der Waals surface area contributed by atoms with Crippen molar-refractivity contribution < 1.29 is 17.9 Å². The van der Waals surface area contributed by atoms with E-state index in [1.807, 2.05) is 54.2 Å². The lowest BCUT2D eigenvalue weighted by Gasteiger charge is -2.10. The molecular formula is C27H29N7O4S. The van der Waals surface area contributed by atoms with Gasteiger partial charge in [0.2, 0.25) is 0 Å². The van der Waals surface area contributed by atoms with Gasteiger partial charge < -0.3 is 10.1 Å². The van der Waals surface area contributed by atoms with Crippen molar-refractivity contribution >= 4 is 49.5 Å². The monoisotopic (exact) mass is 547 g/mol. The number of nitrogens with zero attached hydrogens (tertiary/aromatic N) is 5. The molecule has 1 amide bonds. The molecule has 11 nitrogen and oxygen atoms in total. The Morgan fingerprint density at radius 3 is 2.69 bits per heavy atom. The molecule has 0 radical (unpaired) electrons. The SMILES string of the molecule is CCc1c(NC(=O)OCCCS(C)(=O)=O)cn2ncnc(Nc3ccc4c(cnn4Cc4ccccc4)c3)c12. The summed E-state index contributed by atoms with van der Waals surface area (Å²) in [5.74, 6) is 0.549. The van der Waals surface area contributed by atoms with E-state index in [9.17, 15) is 13.2 Å².